The summed E-state index contributed by atoms with van der Waals surface area (Å²) in [5, 5.41) is 10.5. The van der Waals surface area contributed by atoms with Gasteiger partial charge >= 0.3 is 0 Å². The van der Waals surface area contributed by atoms with Crippen molar-refractivity contribution in [3.63, 3.8) is 0 Å². The lowest BCUT2D eigenvalue weighted by Gasteiger charge is -2.24. The normalized spacial score (nSPS) is 16.9. The minimum absolute atomic E-state index is 0.585. The van der Waals surface area contributed by atoms with E-state index in [1.165, 1.54) is 38.3 Å². The highest BCUT2D eigenvalue weighted by Crippen LogP contribution is 2.17. The summed E-state index contributed by atoms with van der Waals surface area (Å²) in [5.41, 5.74) is 5.21. The molecular weight excluding hydrogens is 232 g/mol. The molecule has 98 valence electrons. The van der Waals surface area contributed by atoms with Crippen molar-refractivity contribution in [1.82, 2.24) is 16.0 Å². The molecule has 0 aromatic rings. The van der Waals surface area contributed by atoms with Crippen LogP contribution in [-0.2, 0) is 0 Å². The van der Waals surface area contributed by atoms with Gasteiger partial charge in [-0.15, -0.1) is 0 Å². The standard InChI is InChI=1S/C12H24N4S/c13-7-10-14-8-4-9-15-12(17)16-11-5-2-1-3-6-11/h7,10-11,14H,1-6,8-9,13H2,(H2,15,16,17)/b10-7-. The van der Waals surface area contributed by atoms with Crippen LogP contribution in [0.15, 0.2) is 12.4 Å². The minimum Gasteiger partial charge on any atom is -0.403 e. The Bertz CT molecular complexity index is 237. The van der Waals surface area contributed by atoms with Gasteiger partial charge in [0.2, 0.25) is 0 Å². The zero-order valence-electron chi connectivity index (χ0n) is 10.4. The number of nitrogens with one attached hydrogen (secondary N) is 3. The molecule has 1 fully saturated rings. The Balaban J connectivity index is 1.97. The van der Waals surface area contributed by atoms with Crippen LogP contribution >= 0.6 is 12.2 Å². The van der Waals surface area contributed by atoms with Gasteiger partial charge in [-0.3, -0.25) is 0 Å². The van der Waals surface area contributed by atoms with Crippen LogP contribution < -0.4 is 21.7 Å². The number of nitrogens with two attached hydrogens (primary N) is 1. The first-order valence-electron chi connectivity index (χ1n) is 6.47. The van der Waals surface area contributed by atoms with E-state index >= 15 is 0 Å². The zero-order chi connectivity index (χ0) is 12.3. The van der Waals surface area contributed by atoms with Gasteiger partial charge in [0.15, 0.2) is 5.11 Å². The predicted octanol–water partition coefficient (Wildman–Crippen LogP) is 1.19. The van der Waals surface area contributed by atoms with Gasteiger partial charge in [0, 0.05) is 31.5 Å². The van der Waals surface area contributed by atoms with Crippen LogP contribution in [0.25, 0.3) is 0 Å². The first-order chi connectivity index (χ1) is 8.33. The third-order valence-corrected chi connectivity index (χ3v) is 3.20. The number of hydrogen-bond donors (Lipinski definition) is 4. The second-order valence-corrected chi connectivity index (χ2v) is 4.81. The van der Waals surface area contributed by atoms with Crippen LogP contribution in [0.1, 0.15) is 38.5 Å². The van der Waals surface area contributed by atoms with Crippen molar-refractivity contribution in [2.75, 3.05) is 13.1 Å². The van der Waals surface area contributed by atoms with Crippen molar-refractivity contribution in [3.05, 3.63) is 12.4 Å². The maximum absolute atomic E-state index is 5.26. The molecule has 0 atom stereocenters. The molecule has 4 nitrogen and oxygen atoms in total. The summed E-state index contributed by atoms with van der Waals surface area (Å²) in [6, 6.07) is 0.585. The van der Waals surface area contributed by atoms with E-state index in [2.05, 4.69) is 16.0 Å². The summed E-state index contributed by atoms with van der Waals surface area (Å²) in [6.07, 6.45) is 10.8. The molecule has 1 aliphatic carbocycles. The second-order valence-electron chi connectivity index (χ2n) is 4.40. The summed E-state index contributed by atoms with van der Waals surface area (Å²) in [5.74, 6) is 0. The van der Waals surface area contributed by atoms with Crippen LogP contribution in [0.4, 0.5) is 0 Å². The average molecular weight is 256 g/mol. The Kier molecular flexibility index (Phi) is 7.54. The molecule has 1 saturated carbocycles. The lowest BCUT2D eigenvalue weighted by atomic mass is 9.96. The Morgan fingerprint density at radius 1 is 1.24 bits per heavy atom. The number of hydrogen-bond acceptors (Lipinski definition) is 3. The van der Waals surface area contributed by atoms with Gasteiger partial charge < -0.3 is 21.7 Å². The van der Waals surface area contributed by atoms with E-state index in [0.717, 1.165) is 24.6 Å². The van der Waals surface area contributed by atoms with Crippen LogP contribution in [0.5, 0.6) is 0 Å². The molecule has 0 aliphatic heterocycles. The molecule has 0 bridgehead atoms. The molecule has 0 aromatic carbocycles. The number of rotatable bonds is 6. The molecule has 0 amide bonds. The Labute approximate surface area is 109 Å². The minimum atomic E-state index is 0.585. The summed E-state index contributed by atoms with van der Waals surface area (Å²) in [6.45, 7) is 1.80. The monoisotopic (exact) mass is 256 g/mol. The molecule has 0 saturated heterocycles. The molecule has 0 spiro atoms. The van der Waals surface area contributed by atoms with Crippen LogP contribution in [0.2, 0.25) is 0 Å². The van der Waals surface area contributed by atoms with Gasteiger partial charge in [-0.05, 0) is 31.5 Å². The topological polar surface area (TPSA) is 62.1 Å². The van der Waals surface area contributed by atoms with Crippen molar-refractivity contribution in [2.45, 2.75) is 44.6 Å². The van der Waals surface area contributed by atoms with E-state index in [4.69, 9.17) is 18.0 Å². The summed E-state index contributed by atoms with van der Waals surface area (Å²) in [7, 11) is 0. The predicted molar refractivity (Wildman–Crippen MR) is 76.6 cm³/mol. The average Bonchev–Trinajstić information content (AvgIpc) is 2.35. The molecule has 17 heavy (non-hydrogen) atoms. The van der Waals surface area contributed by atoms with E-state index in [0.29, 0.717) is 6.04 Å². The van der Waals surface area contributed by atoms with Crippen molar-refractivity contribution < 1.29 is 0 Å². The van der Waals surface area contributed by atoms with Crippen LogP contribution in [-0.4, -0.2) is 24.2 Å². The van der Waals surface area contributed by atoms with Gasteiger partial charge in [-0.1, -0.05) is 19.3 Å². The second kappa shape index (κ2) is 9.10. The number of thiocarbonyl (C=S) groups is 1. The summed E-state index contributed by atoms with van der Waals surface area (Å²) >= 11 is 5.26. The quantitative estimate of drug-likeness (QED) is 0.425. The highest BCUT2D eigenvalue weighted by Gasteiger charge is 2.13. The third-order valence-electron chi connectivity index (χ3n) is 2.94. The molecule has 0 unspecified atom stereocenters. The highest BCUT2D eigenvalue weighted by molar-refractivity contribution is 7.80. The lowest BCUT2D eigenvalue weighted by molar-refractivity contribution is 0.412. The van der Waals surface area contributed by atoms with E-state index in [1.54, 1.807) is 6.20 Å². The lowest BCUT2D eigenvalue weighted by Crippen LogP contribution is -2.43. The van der Waals surface area contributed by atoms with Gasteiger partial charge in [0.05, 0.1) is 0 Å². The molecule has 5 N–H and O–H groups in total. The molecule has 1 rings (SSSR count). The Morgan fingerprint density at radius 2 is 2.00 bits per heavy atom. The molecule has 0 aromatic heterocycles. The van der Waals surface area contributed by atoms with E-state index in [-0.39, 0.29) is 0 Å². The highest BCUT2D eigenvalue weighted by atomic mass is 32.1. The summed E-state index contributed by atoms with van der Waals surface area (Å²) in [4.78, 5) is 0. The Hall–Kier alpha value is -0.970. The van der Waals surface area contributed by atoms with Gasteiger partial charge in [-0.25, -0.2) is 0 Å². The maximum Gasteiger partial charge on any atom is 0.166 e. The van der Waals surface area contributed by atoms with E-state index < -0.39 is 0 Å². The van der Waals surface area contributed by atoms with Crippen molar-refractivity contribution >= 4 is 17.3 Å². The molecule has 5 heteroatoms. The Morgan fingerprint density at radius 3 is 2.71 bits per heavy atom. The smallest absolute Gasteiger partial charge is 0.166 e. The van der Waals surface area contributed by atoms with Crippen molar-refractivity contribution in [3.8, 4) is 0 Å². The largest absolute Gasteiger partial charge is 0.403 e. The van der Waals surface area contributed by atoms with Gasteiger partial charge in [0.25, 0.3) is 0 Å². The van der Waals surface area contributed by atoms with Crippen LogP contribution in [0, 0.1) is 0 Å². The first-order valence-corrected chi connectivity index (χ1v) is 6.88. The van der Waals surface area contributed by atoms with Crippen molar-refractivity contribution in [2.24, 2.45) is 5.73 Å². The molecule has 0 radical (unpaired) electrons. The van der Waals surface area contributed by atoms with Gasteiger partial charge in [-0.2, -0.15) is 0 Å². The van der Waals surface area contributed by atoms with E-state index in [1.807, 2.05) is 0 Å². The first kappa shape index (κ1) is 14.1. The molecule has 0 heterocycles. The van der Waals surface area contributed by atoms with Crippen molar-refractivity contribution in [1.29, 1.82) is 0 Å². The van der Waals surface area contributed by atoms with Crippen LogP contribution in [0.3, 0.4) is 0 Å². The zero-order valence-corrected chi connectivity index (χ0v) is 11.2. The molecule has 1 aliphatic rings. The SMILES string of the molecule is N/C=C\NCCCNC(=S)NC1CCCCC1. The third kappa shape index (κ3) is 7.05. The van der Waals surface area contributed by atoms with Gasteiger partial charge in [0.1, 0.15) is 0 Å². The fraction of sp³-hybridized carbons (Fsp3) is 0.750. The fourth-order valence-corrected chi connectivity index (χ4v) is 2.30. The fourth-order valence-electron chi connectivity index (χ4n) is 2.03. The molecular formula is C12H24N4S. The maximum atomic E-state index is 5.26. The van der Waals surface area contributed by atoms with E-state index in [9.17, 15) is 0 Å². The summed E-state index contributed by atoms with van der Waals surface area (Å²) < 4.78 is 0.